The van der Waals surface area contributed by atoms with Gasteiger partial charge in [-0.05, 0) is 25.5 Å². The van der Waals surface area contributed by atoms with E-state index in [0.717, 1.165) is 24.3 Å². The number of morpholine rings is 1. The molecular weight excluding hydrogens is 414 g/mol. The van der Waals surface area contributed by atoms with Crippen LogP contribution in [-0.2, 0) is 17.8 Å². The lowest BCUT2D eigenvalue weighted by Crippen LogP contribution is -2.44. The molecule has 1 saturated heterocycles. The number of benzene rings is 1. The van der Waals surface area contributed by atoms with Gasteiger partial charge >= 0.3 is 0 Å². The van der Waals surface area contributed by atoms with Crippen LogP contribution >= 0.6 is 11.3 Å². The summed E-state index contributed by atoms with van der Waals surface area (Å²) in [7, 11) is 0. The topological polar surface area (TPSA) is 89.4 Å². The largest absolute Gasteiger partial charge is 0.373 e. The fraction of sp³-hybridized carbons (Fsp3) is 0.364. The molecule has 0 saturated carbocycles. The highest BCUT2D eigenvalue weighted by atomic mass is 32.1. The summed E-state index contributed by atoms with van der Waals surface area (Å²) in [6, 6.07) is 12.3. The van der Waals surface area contributed by atoms with E-state index in [2.05, 4.69) is 34.1 Å². The average molecular weight is 440 g/mol. The van der Waals surface area contributed by atoms with Crippen molar-refractivity contribution in [2.75, 3.05) is 18.4 Å². The SMILES string of the molecule is CC1CN(Cc2csc(NC(=O)c3ccc(=O)n(Cc4ccccc4)n3)n2)CC(C)O1. The van der Waals surface area contributed by atoms with Crippen LogP contribution in [-0.4, -0.2) is 50.9 Å². The monoisotopic (exact) mass is 439 g/mol. The van der Waals surface area contributed by atoms with Crippen molar-refractivity contribution in [3.8, 4) is 0 Å². The Morgan fingerprint density at radius 3 is 2.61 bits per heavy atom. The first-order chi connectivity index (χ1) is 15.0. The van der Waals surface area contributed by atoms with Crippen molar-refractivity contribution in [3.63, 3.8) is 0 Å². The number of hydrogen-bond acceptors (Lipinski definition) is 7. The molecular formula is C22H25N5O3S. The first-order valence-electron chi connectivity index (χ1n) is 10.2. The lowest BCUT2D eigenvalue weighted by Gasteiger charge is -2.34. The maximum Gasteiger partial charge on any atom is 0.277 e. The van der Waals surface area contributed by atoms with Gasteiger partial charge in [-0.2, -0.15) is 5.10 Å². The van der Waals surface area contributed by atoms with Crippen molar-refractivity contribution in [3.05, 3.63) is 75.1 Å². The molecule has 1 aliphatic rings. The van der Waals surface area contributed by atoms with Gasteiger partial charge < -0.3 is 4.74 Å². The van der Waals surface area contributed by atoms with Gasteiger partial charge in [-0.1, -0.05) is 30.3 Å². The van der Waals surface area contributed by atoms with Crippen molar-refractivity contribution in [2.45, 2.75) is 39.1 Å². The van der Waals surface area contributed by atoms with Gasteiger partial charge in [0.05, 0.1) is 24.4 Å². The van der Waals surface area contributed by atoms with Crippen molar-refractivity contribution in [1.82, 2.24) is 19.7 Å². The van der Waals surface area contributed by atoms with Crippen LogP contribution in [0.25, 0.3) is 0 Å². The molecule has 9 heteroatoms. The first-order valence-corrected chi connectivity index (χ1v) is 11.1. The Kier molecular flexibility index (Phi) is 6.55. The van der Waals surface area contributed by atoms with Crippen LogP contribution in [0, 0.1) is 0 Å². The zero-order valence-corrected chi connectivity index (χ0v) is 18.3. The molecule has 0 bridgehead atoms. The summed E-state index contributed by atoms with van der Waals surface area (Å²) in [5, 5.41) is 9.48. The number of ether oxygens (including phenoxy) is 1. The minimum atomic E-state index is -0.392. The Morgan fingerprint density at radius 1 is 1.13 bits per heavy atom. The molecule has 3 aromatic rings. The summed E-state index contributed by atoms with van der Waals surface area (Å²) >= 11 is 1.38. The van der Waals surface area contributed by atoms with E-state index in [-0.39, 0.29) is 23.5 Å². The number of aromatic nitrogens is 3. The molecule has 8 nitrogen and oxygen atoms in total. The van der Waals surface area contributed by atoms with Gasteiger partial charge in [0.1, 0.15) is 5.69 Å². The second-order valence-electron chi connectivity index (χ2n) is 7.75. The Morgan fingerprint density at radius 2 is 1.87 bits per heavy atom. The predicted octanol–water partition coefficient (Wildman–Crippen LogP) is 2.61. The van der Waals surface area contributed by atoms with Crippen molar-refractivity contribution in [2.24, 2.45) is 0 Å². The van der Waals surface area contributed by atoms with E-state index in [1.807, 2.05) is 35.7 Å². The molecule has 1 amide bonds. The molecule has 1 N–H and O–H groups in total. The maximum atomic E-state index is 12.7. The lowest BCUT2D eigenvalue weighted by atomic mass is 10.2. The van der Waals surface area contributed by atoms with Gasteiger partial charge in [0.2, 0.25) is 0 Å². The van der Waals surface area contributed by atoms with E-state index in [1.54, 1.807) is 0 Å². The van der Waals surface area contributed by atoms with Crippen LogP contribution in [0.2, 0.25) is 0 Å². The van der Waals surface area contributed by atoms with Crippen LogP contribution in [0.4, 0.5) is 5.13 Å². The first kappa shape index (κ1) is 21.4. The number of carbonyl (C=O) groups excluding carboxylic acids is 1. The molecule has 1 aliphatic heterocycles. The Balaban J connectivity index is 1.41. The Bertz CT molecular complexity index is 1090. The van der Waals surface area contributed by atoms with Gasteiger partial charge in [0.25, 0.3) is 11.5 Å². The van der Waals surface area contributed by atoms with Crippen molar-refractivity contribution >= 4 is 22.4 Å². The van der Waals surface area contributed by atoms with E-state index >= 15 is 0 Å². The van der Waals surface area contributed by atoms with Crippen LogP contribution in [0.1, 0.15) is 35.6 Å². The second-order valence-corrected chi connectivity index (χ2v) is 8.61. The van der Waals surface area contributed by atoms with Gasteiger partial charge in [-0.15, -0.1) is 11.3 Å². The van der Waals surface area contributed by atoms with E-state index in [1.165, 1.54) is 28.2 Å². The van der Waals surface area contributed by atoms with E-state index in [0.29, 0.717) is 18.2 Å². The van der Waals surface area contributed by atoms with Gasteiger partial charge in [-0.3, -0.25) is 19.8 Å². The maximum absolute atomic E-state index is 12.7. The standard InChI is InChI=1S/C22H25N5O3S/c1-15-10-26(11-16(2)30-15)13-18-14-31-22(23-18)24-21(29)19-8-9-20(28)27(25-19)12-17-6-4-3-5-7-17/h3-9,14-16H,10-13H2,1-2H3,(H,23,24,29). The number of anilines is 1. The number of carbonyl (C=O) groups is 1. The highest BCUT2D eigenvalue weighted by molar-refractivity contribution is 7.13. The number of thiazole rings is 1. The third-order valence-electron chi connectivity index (χ3n) is 4.93. The number of nitrogens with one attached hydrogen (secondary N) is 1. The lowest BCUT2D eigenvalue weighted by molar-refractivity contribution is -0.0707. The molecule has 0 radical (unpaired) electrons. The summed E-state index contributed by atoms with van der Waals surface area (Å²) in [5.41, 5.74) is 1.75. The molecule has 3 heterocycles. The smallest absolute Gasteiger partial charge is 0.277 e. The summed E-state index contributed by atoms with van der Waals surface area (Å²) in [5.74, 6) is -0.392. The zero-order chi connectivity index (χ0) is 21.8. The minimum Gasteiger partial charge on any atom is -0.373 e. The molecule has 162 valence electrons. The molecule has 31 heavy (non-hydrogen) atoms. The van der Waals surface area contributed by atoms with Crippen molar-refractivity contribution in [1.29, 1.82) is 0 Å². The van der Waals surface area contributed by atoms with Gasteiger partial charge in [0.15, 0.2) is 5.13 Å². The minimum absolute atomic E-state index is 0.170. The highest BCUT2D eigenvalue weighted by Crippen LogP contribution is 2.19. The van der Waals surface area contributed by atoms with Crippen LogP contribution in [0.15, 0.2) is 52.6 Å². The number of hydrogen-bond donors (Lipinski definition) is 1. The number of amides is 1. The van der Waals surface area contributed by atoms with Crippen molar-refractivity contribution < 1.29 is 9.53 Å². The molecule has 0 aliphatic carbocycles. The average Bonchev–Trinajstić information content (AvgIpc) is 3.16. The second kappa shape index (κ2) is 9.51. The highest BCUT2D eigenvalue weighted by Gasteiger charge is 2.23. The predicted molar refractivity (Wildman–Crippen MR) is 119 cm³/mol. The fourth-order valence-electron chi connectivity index (χ4n) is 3.68. The fourth-order valence-corrected chi connectivity index (χ4v) is 4.38. The van der Waals surface area contributed by atoms with Gasteiger partial charge in [0, 0.05) is 31.1 Å². The summed E-state index contributed by atoms with van der Waals surface area (Å²) in [4.78, 5) is 31.6. The molecule has 2 aromatic heterocycles. The molecule has 0 spiro atoms. The Hall–Kier alpha value is -2.88. The van der Waals surface area contributed by atoms with E-state index in [9.17, 15) is 9.59 Å². The van der Waals surface area contributed by atoms with E-state index < -0.39 is 5.91 Å². The number of rotatable bonds is 6. The zero-order valence-electron chi connectivity index (χ0n) is 17.5. The summed E-state index contributed by atoms with van der Waals surface area (Å²) < 4.78 is 7.06. The third-order valence-corrected chi connectivity index (χ3v) is 5.73. The van der Waals surface area contributed by atoms with E-state index in [4.69, 9.17) is 4.74 Å². The molecule has 1 aromatic carbocycles. The molecule has 4 rings (SSSR count). The van der Waals surface area contributed by atoms with Crippen LogP contribution < -0.4 is 10.9 Å². The quantitative estimate of drug-likeness (QED) is 0.635. The van der Waals surface area contributed by atoms with Crippen LogP contribution in [0.3, 0.4) is 0 Å². The van der Waals surface area contributed by atoms with Crippen LogP contribution in [0.5, 0.6) is 0 Å². The summed E-state index contributed by atoms with van der Waals surface area (Å²) in [6.45, 7) is 6.87. The molecule has 2 atom stereocenters. The summed E-state index contributed by atoms with van der Waals surface area (Å²) in [6.07, 6.45) is 0.387. The van der Waals surface area contributed by atoms with Gasteiger partial charge in [-0.25, -0.2) is 9.67 Å². The normalized spacial score (nSPS) is 19.3. The molecule has 2 unspecified atom stereocenters. The third kappa shape index (κ3) is 5.63. The Labute approximate surface area is 184 Å². The molecule has 1 fully saturated rings. The number of nitrogens with zero attached hydrogens (tertiary/aromatic N) is 4.